The number of aryl methyl sites for hydroxylation is 1. The highest BCUT2D eigenvalue weighted by Gasteiger charge is 2.11. The standard InChI is InChI=1S/C25H27N3O4/c1-5-14-32-23-12-8-19(9-13-23)24(29)27-26-16-21-15-17(2)28(18(21)3)22-10-6-20(7-11-22)25(30)31-4/h6-13,15-16H,5,14H2,1-4H3,(H,27,29)/b26-16+. The lowest BCUT2D eigenvalue weighted by atomic mass is 10.2. The van der Waals surface area contributed by atoms with Crippen molar-refractivity contribution >= 4 is 18.1 Å². The summed E-state index contributed by atoms with van der Waals surface area (Å²) in [4.78, 5) is 24.0. The molecule has 0 unspecified atom stereocenters. The van der Waals surface area contributed by atoms with Gasteiger partial charge >= 0.3 is 5.97 Å². The van der Waals surface area contributed by atoms with Gasteiger partial charge in [0, 0.05) is 28.2 Å². The van der Waals surface area contributed by atoms with Gasteiger partial charge < -0.3 is 14.0 Å². The van der Waals surface area contributed by atoms with E-state index in [1.165, 1.54) is 7.11 Å². The Morgan fingerprint density at radius 1 is 1.03 bits per heavy atom. The molecular weight excluding hydrogens is 406 g/mol. The normalized spacial score (nSPS) is 10.9. The second-order valence-corrected chi connectivity index (χ2v) is 7.27. The monoisotopic (exact) mass is 433 g/mol. The van der Waals surface area contributed by atoms with Crippen LogP contribution in [-0.4, -0.2) is 36.4 Å². The minimum absolute atomic E-state index is 0.296. The maximum absolute atomic E-state index is 12.3. The summed E-state index contributed by atoms with van der Waals surface area (Å²) in [7, 11) is 1.36. The Kier molecular flexibility index (Phi) is 7.44. The second-order valence-electron chi connectivity index (χ2n) is 7.27. The van der Waals surface area contributed by atoms with Crippen molar-refractivity contribution in [2.75, 3.05) is 13.7 Å². The Morgan fingerprint density at radius 2 is 1.69 bits per heavy atom. The van der Waals surface area contributed by atoms with Gasteiger partial charge in [-0.05, 0) is 74.9 Å². The number of benzene rings is 2. The molecule has 0 aliphatic rings. The zero-order valence-corrected chi connectivity index (χ0v) is 18.7. The van der Waals surface area contributed by atoms with E-state index in [1.807, 2.05) is 39.0 Å². The van der Waals surface area contributed by atoms with E-state index < -0.39 is 0 Å². The molecule has 0 saturated carbocycles. The Labute approximate surface area is 187 Å². The first-order chi connectivity index (χ1) is 15.4. The number of methoxy groups -OCH3 is 1. The van der Waals surface area contributed by atoms with Gasteiger partial charge in [0.25, 0.3) is 5.91 Å². The van der Waals surface area contributed by atoms with Crippen LogP contribution in [0.15, 0.2) is 59.7 Å². The van der Waals surface area contributed by atoms with Gasteiger partial charge in [-0.1, -0.05) is 6.92 Å². The van der Waals surface area contributed by atoms with Crippen LogP contribution in [0.3, 0.4) is 0 Å². The lowest BCUT2D eigenvalue weighted by Gasteiger charge is -2.10. The summed E-state index contributed by atoms with van der Waals surface area (Å²) in [5.74, 6) is 0.0682. The summed E-state index contributed by atoms with van der Waals surface area (Å²) in [6, 6.07) is 16.1. The van der Waals surface area contributed by atoms with E-state index in [0.29, 0.717) is 17.7 Å². The van der Waals surface area contributed by atoms with Crippen molar-refractivity contribution in [1.29, 1.82) is 0 Å². The predicted octanol–water partition coefficient (Wildman–Crippen LogP) is 4.43. The van der Waals surface area contributed by atoms with E-state index in [0.717, 1.165) is 34.8 Å². The number of aromatic nitrogens is 1. The molecule has 1 amide bonds. The van der Waals surface area contributed by atoms with E-state index in [4.69, 9.17) is 9.47 Å². The summed E-state index contributed by atoms with van der Waals surface area (Å²) < 4.78 is 12.3. The molecule has 3 aromatic rings. The molecule has 7 nitrogen and oxygen atoms in total. The van der Waals surface area contributed by atoms with Crippen LogP contribution in [0.5, 0.6) is 5.75 Å². The molecule has 1 N–H and O–H groups in total. The zero-order chi connectivity index (χ0) is 23.1. The average Bonchev–Trinajstić information content (AvgIpc) is 3.10. The van der Waals surface area contributed by atoms with Crippen molar-refractivity contribution in [3.8, 4) is 11.4 Å². The molecule has 2 aromatic carbocycles. The van der Waals surface area contributed by atoms with Gasteiger partial charge in [0.15, 0.2) is 0 Å². The van der Waals surface area contributed by atoms with E-state index in [2.05, 4.69) is 15.1 Å². The van der Waals surface area contributed by atoms with Gasteiger partial charge in [0.1, 0.15) is 5.75 Å². The quantitative estimate of drug-likeness (QED) is 0.324. The third-order valence-electron chi connectivity index (χ3n) is 4.98. The molecule has 3 rings (SSSR count). The fourth-order valence-electron chi connectivity index (χ4n) is 3.33. The van der Waals surface area contributed by atoms with E-state index in [-0.39, 0.29) is 11.9 Å². The highest BCUT2D eigenvalue weighted by atomic mass is 16.5. The van der Waals surface area contributed by atoms with Gasteiger partial charge in [-0.2, -0.15) is 5.10 Å². The molecule has 0 saturated heterocycles. The number of carbonyl (C=O) groups excluding carboxylic acids is 2. The largest absolute Gasteiger partial charge is 0.494 e. The van der Waals surface area contributed by atoms with E-state index >= 15 is 0 Å². The minimum Gasteiger partial charge on any atom is -0.494 e. The highest BCUT2D eigenvalue weighted by Crippen LogP contribution is 2.20. The molecule has 1 heterocycles. The molecular formula is C25H27N3O4. The molecule has 7 heteroatoms. The first-order valence-electron chi connectivity index (χ1n) is 10.4. The zero-order valence-electron chi connectivity index (χ0n) is 18.7. The Bertz CT molecular complexity index is 1110. The number of nitrogens with one attached hydrogen (secondary N) is 1. The van der Waals surface area contributed by atoms with Crippen LogP contribution in [-0.2, 0) is 4.74 Å². The lowest BCUT2D eigenvalue weighted by Crippen LogP contribution is -2.17. The number of hydrogen-bond acceptors (Lipinski definition) is 5. The Balaban J connectivity index is 1.69. The molecule has 0 spiro atoms. The van der Waals surface area contributed by atoms with Gasteiger partial charge in [0.05, 0.1) is 25.5 Å². The first kappa shape index (κ1) is 22.8. The number of carbonyl (C=O) groups is 2. The van der Waals surface area contributed by atoms with Gasteiger partial charge in [-0.25, -0.2) is 10.2 Å². The molecule has 0 aliphatic carbocycles. The maximum atomic E-state index is 12.3. The molecule has 0 aliphatic heterocycles. The van der Waals surface area contributed by atoms with Crippen LogP contribution < -0.4 is 10.2 Å². The topological polar surface area (TPSA) is 81.9 Å². The first-order valence-corrected chi connectivity index (χ1v) is 10.4. The SMILES string of the molecule is CCCOc1ccc(C(=O)N/N=C/c2cc(C)n(-c3ccc(C(=O)OC)cc3)c2C)cc1. The van der Waals surface area contributed by atoms with Crippen LogP contribution in [0.25, 0.3) is 5.69 Å². The van der Waals surface area contributed by atoms with E-state index in [1.54, 1.807) is 42.6 Å². The highest BCUT2D eigenvalue weighted by molar-refractivity contribution is 5.95. The number of amides is 1. The second kappa shape index (κ2) is 10.4. The van der Waals surface area contributed by atoms with Gasteiger partial charge in [0.2, 0.25) is 0 Å². The number of nitrogens with zero attached hydrogens (tertiary/aromatic N) is 2. The van der Waals surface area contributed by atoms with E-state index in [9.17, 15) is 9.59 Å². The summed E-state index contributed by atoms with van der Waals surface area (Å²) in [6.07, 6.45) is 2.55. The molecule has 0 fully saturated rings. The molecule has 166 valence electrons. The van der Waals surface area contributed by atoms with Crippen molar-refractivity contribution < 1.29 is 19.1 Å². The number of rotatable bonds is 8. The molecule has 0 bridgehead atoms. The van der Waals surface area contributed by atoms with Gasteiger partial charge in [-0.15, -0.1) is 0 Å². The summed E-state index contributed by atoms with van der Waals surface area (Å²) >= 11 is 0. The predicted molar refractivity (Wildman–Crippen MR) is 124 cm³/mol. The number of esters is 1. The van der Waals surface area contributed by atoms with Crippen LogP contribution in [0, 0.1) is 13.8 Å². The molecule has 32 heavy (non-hydrogen) atoms. The fourth-order valence-corrected chi connectivity index (χ4v) is 3.33. The number of ether oxygens (including phenoxy) is 2. The number of hydrazone groups is 1. The third-order valence-corrected chi connectivity index (χ3v) is 4.98. The molecule has 1 aromatic heterocycles. The summed E-state index contributed by atoms with van der Waals surface area (Å²) in [5.41, 5.74) is 7.32. The van der Waals surface area contributed by atoms with Crippen LogP contribution in [0.4, 0.5) is 0 Å². The fraction of sp³-hybridized carbons (Fsp3) is 0.240. The smallest absolute Gasteiger partial charge is 0.337 e. The van der Waals surface area contributed by atoms with Crippen molar-refractivity contribution in [2.24, 2.45) is 5.10 Å². The lowest BCUT2D eigenvalue weighted by molar-refractivity contribution is 0.0600. The minimum atomic E-state index is -0.371. The summed E-state index contributed by atoms with van der Waals surface area (Å²) in [5, 5.41) is 4.12. The van der Waals surface area contributed by atoms with Crippen molar-refractivity contribution in [3.05, 3.63) is 82.7 Å². The number of hydrogen-bond donors (Lipinski definition) is 1. The average molecular weight is 434 g/mol. The maximum Gasteiger partial charge on any atom is 0.337 e. The van der Waals surface area contributed by atoms with Gasteiger partial charge in [-0.3, -0.25) is 4.79 Å². The Hall–Kier alpha value is -3.87. The van der Waals surface area contributed by atoms with Crippen molar-refractivity contribution in [3.63, 3.8) is 0 Å². The van der Waals surface area contributed by atoms with Crippen LogP contribution >= 0.6 is 0 Å². The summed E-state index contributed by atoms with van der Waals surface area (Å²) in [6.45, 7) is 6.64. The van der Waals surface area contributed by atoms with Crippen molar-refractivity contribution in [2.45, 2.75) is 27.2 Å². The Morgan fingerprint density at radius 3 is 2.31 bits per heavy atom. The molecule has 0 radical (unpaired) electrons. The molecule has 0 atom stereocenters. The van der Waals surface area contributed by atoms with Crippen molar-refractivity contribution in [1.82, 2.24) is 9.99 Å². The van der Waals surface area contributed by atoms with Crippen LogP contribution in [0.1, 0.15) is 51.0 Å². The third kappa shape index (κ3) is 5.24. The van der Waals surface area contributed by atoms with Crippen LogP contribution in [0.2, 0.25) is 0 Å².